The normalized spacial score (nSPS) is 15.4. The molecule has 0 bridgehead atoms. The zero-order chi connectivity index (χ0) is 24.5. The molecule has 0 atom stereocenters. The van der Waals surface area contributed by atoms with Crippen LogP contribution in [0, 0.1) is 13.8 Å². The highest BCUT2D eigenvalue weighted by Crippen LogP contribution is 2.22. The molecule has 4 rings (SSSR count). The van der Waals surface area contributed by atoms with Gasteiger partial charge in [0.15, 0.2) is 11.6 Å². The molecular weight excluding hydrogens is 450 g/mol. The second kappa shape index (κ2) is 9.66. The fourth-order valence-electron chi connectivity index (χ4n) is 4.45. The van der Waals surface area contributed by atoms with Gasteiger partial charge in [0.2, 0.25) is 10.0 Å². The van der Waals surface area contributed by atoms with Crippen molar-refractivity contribution in [3.63, 3.8) is 0 Å². The van der Waals surface area contributed by atoms with E-state index in [9.17, 15) is 18.0 Å². The highest BCUT2D eigenvalue weighted by Gasteiger charge is 2.29. The van der Waals surface area contributed by atoms with Gasteiger partial charge in [0.05, 0.1) is 11.4 Å². The van der Waals surface area contributed by atoms with Crippen molar-refractivity contribution in [2.24, 2.45) is 0 Å². The maximum absolute atomic E-state index is 13.1. The van der Waals surface area contributed by atoms with Crippen molar-refractivity contribution in [1.82, 2.24) is 13.8 Å². The number of carbonyl (C=O) groups excluding carboxylic acids is 2. The standard InChI is InChI=1S/C26H29N3O4S/c1-19-17-25(20(2)29(19)23-7-5-4-6-8-23)26(31)18-27-13-15-28(16-14-27)34(32,33)24-11-9-22(10-12-24)21(3)30/h4-12,17H,13-16,18H2,1-3H3. The minimum absolute atomic E-state index is 0.0337. The van der Waals surface area contributed by atoms with Gasteiger partial charge in [0.1, 0.15) is 0 Å². The lowest BCUT2D eigenvalue weighted by molar-refractivity contribution is 0.0900. The van der Waals surface area contributed by atoms with Crippen molar-refractivity contribution in [2.45, 2.75) is 25.7 Å². The molecule has 7 nitrogen and oxygen atoms in total. The van der Waals surface area contributed by atoms with Gasteiger partial charge >= 0.3 is 0 Å². The van der Waals surface area contributed by atoms with Gasteiger partial charge < -0.3 is 4.57 Å². The van der Waals surface area contributed by atoms with Gasteiger partial charge in [-0.15, -0.1) is 0 Å². The Kier molecular flexibility index (Phi) is 6.84. The van der Waals surface area contributed by atoms with Gasteiger partial charge in [0, 0.05) is 54.4 Å². The maximum Gasteiger partial charge on any atom is 0.243 e. The zero-order valence-corrected chi connectivity index (χ0v) is 20.5. The Morgan fingerprint density at radius 2 is 1.50 bits per heavy atom. The molecule has 0 saturated carbocycles. The molecule has 178 valence electrons. The second-order valence-corrected chi connectivity index (χ2v) is 10.6. The molecular formula is C26H29N3O4S. The molecule has 1 saturated heterocycles. The molecule has 3 aromatic rings. The van der Waals surface area contributed by atoms with E-state index >= 15 is 0 Å². The lowest BCUT2D eigenvalue weighted by atomic mass is 10.1. The van der Waals surface area contributed by atoms with Gasteiger partial charge in [-0.25, -0.2) is 8.42 Å². The molecule has 1 aromatic heterocycles. The number of hydrogen-bond acceptors (Lipinski definition) is 5. The summed E-state index contributed by atoms with van der Waals surface area (Å²) < 4.78 is 29.5. The van der Waals surface area contributed by atoms with Crippen molar-refractivity contribution in [2.75, 3.05) is 32.7 Å². The van der Waals surface area contributed by atoms with Gasteiger partial charge in [-0.1, -0.05) is 30.3 Å². The summed E-state index contributed by atoms with van der Waals surface area (Å²) in [6, 6.07) is 17.9. The average molecular weight is 480 g/mol. The summed E-state index contributed by atoms with van der Waals surface area (Å²) in [5.74, 6) is -0.0711. The number of rotatable bonds is 7. The number of carbonyl (C=O) groups is 2. The van der Waals surface area contributed by atoms with Crippen LogP contribution in [0.5, 0.6) is 0 Å². The summed E-state index contributed by atoms with van der Waals surface area (Å²) in [6.45, 7) is 7.23. The summed E-state index contributed by atoms with van der Waals surface area (Å²) in [7, 11) is -3.64. The third kappa shape index (κ3) is 4.75. The number of hydrogen-bond donors (Lipinski definition) is 0. The number of ketones is 2. The van der Waals surface area contributed by atoms with Gasteiger partial charge in [-0.3, -0.25) is 14.5 Å². The molecule has 2 aromatic carbocycles. The number of nitrogens with zero attached hydrogens (tertiary/aromatic N) is 3. The van der Waals surface area contributed by atoms with Crippen LogP contribution in [0.1, 0.15) is 39.0 Å². The maximum atomic E-state index is 13.1. The molecule has 0 unspecified atom stereocenters. The van der Waals surface area contributed by atoms with Crippen molar-refractivity contribution >= 4 is 21.6 Å². The van der Waals surface area contributed by atoms with E-state index in [-0.39, 0.29) is 23.0 Å². The Labute approximate surface area is 200 Å². The summed E-state index contributed by atoms with van der Waals surface area (Å²) >= 11 is 0. The first-order chi connectivity index (χ1) is 16.2. The third-order valence-corrected chi connectivity index (χ3v) is 8.26. The quantitative estimate of drug-likeness (QED) is 0.485. The van der Waals surface area contributed by atoms with Crippen LogP contribution >= 0.6 is 0 Å². The van der Waals surface area contributed by atoms with E-state index in [0.29, 0.717) is 37.3 Å². The monoisotopic (exact) mass is 479 g/mol. The summed E-state index contributed by atoms with van der Waals surface area (Å²) in [4.78, 5) is 26.7. The van der Waals surface area contributed by atoms with Crippen LogP contribution in [0.25, 0.3) is 5.69 Å². The number of Topliss-reactive ketones (excluding diaryl/α,β-unsaturated/α-hetero) is 2. The van der Waals surface area contributed by atoms with Crippen LogP contribution in [0.3, 0.4) is 0 Å². The van der Waals surface area contributed by atoms with Gasteiger partial charge in [-0.2, -0.15) is 4.31 Å². The van der Waals surface area contributed by atoms with Crippen molar-refractivity contribution in [3.05, 3.63) is 83.2 Å². The molecule has 0 aliphatic carbocycles. The molecule has 0 spiro atoms. The third-order valence-electron chi connectivity index (χ3n) is 6.34. The van der Waals surface area contributed by atoms with Crippen molar-refractivity contribution < 1.29 is 18.0 Å². The predicted octanol–water partition coefficient (Wildman–Crippen LogP) is 3.49. The SMILES string of the molecule is CC(=O)c1ccc(S(=O)(=O)N2CCN(CC(=O)c3cc(C)n(-c4ccccc4)c3C)CC2)cc1. The summed E-state index contributed by atoms with van der Waals surface area (Å²) in [5.41, 5.74) is 4.10. The molecule has 2 heterocycles. The predicted molar refractivity (Wildman–Crippen MR) is 131 cm³/mol. The zero-order valence-electron chi connectivity index (χ0n) is 19.7. The number of benzene rings is 2. The van der Waals surface area contributed by atoms with E-state index < -0.39 is 10.0 Å². The molecule has 1 aliphatic heterocycles. The van der Waals surface area contributed by atoms with E-state index in [1.165, 1.54) is 35.5 Å². The van der Waals surface area contributed by atoms with E-state index in [0.717, 1.165) is 17.1 Å². The number of sulfonamides is 1. The minimum Gasteiger partial charge on any atom is -0.318 e. The Hall–Kier alpha value is -3.07. The smallest absolute Gasteiger partial charge is 0.243 e. The first kappa shape index (κ1) is 24.1. The van der Waals surface area contributed by atoms with E-state index in [2.05, 4.69) is 4.57 Å². The molecule has 0 N–H and O–H groups in total. The first-order valence-corrected chi connectivity index (χ1v) is 12.7. The Morgan fingerprint density at radius 3 is 2.09 bits per heavy atom. The lowest BCUT2D eigenvalue weighted by Gasteiger charge is -2.33. The largest absolute Gasteiger partial charge is 0.318 e. The van der Waals surface area contributed by atoms with E-state index in [1.54, 1.807) is 0 Å². The molecule has 1 aliphatic rings. The Balaban J connectivity index is 1.41. The fourth-order valence-corrected chi connectivity index (χ4v) is 5.87. The topological polar surface area (TPSA) is 79.7 Å². The number of para-hydroxylation sites is 1. The number of aryl methyl sites for hydroxylation is 1. The van der Waals surface area contributed by atoms with Crippen molar-refractivity contribution in [1.29, 1.82) is 0 Å². The van der Waals surface area contributed by atoms with Crippen LogP contribution in [0.4, 0.5) is 0 Å². The van der Waals surface area contributed by atoms with Crippen LogP contribution < -0.4 is 0 Å². The molecule has 1 fully saturated rings. The van der Waals surface area contributed by atoms with Gasteiger partial charge in [0.25, 0.3) is 0 Å². The van der Waals surface area contributed by atoms with Crippen LogP contribution in [-0.2, 0) is 10.0 Å². The highest BCUT2D eigenvalue weighted by molar-refractivity contribution is 7.89. The summed E-state index contributed by atoms with van der Waals surface area (Å²) in [5, 5.41) is 0. The van der Waals surface area contributed by atoms with Gasteiger partial charge in [-0.05, 0) is 51.1 Å². The second-order valence-electron chi connectivity index (χ2n) is 8.64. The number of piperazine rings is 1. The first-order valence-electron chi connectivity index (χ1n) is 11.3. The van der Waals surface area contributed by atoms with E-state index in [4.69, 9.17) is 0 Å². The fraction of sp³-hybridized carbons (Fsp3) is 0.308. The Bertz CT molecular complexity index is 1300. The van der Waals surface area contributed by atoms with E-state index in [1.807, 2.05) is 55.1 Å². The Morgan fingerprint density at radius 1 is 0.882 bits per heavy atom. The minimum atomic E-state index is -3.64. The number of aromatic nitrogens is 1. The molecule has 0 amide bonds. The average Bonchev–Trinajstić information content (AvgIpc) is 3.14. The molecule has 34 heavy (non-hydrogen) atoms. The molecule has 8 heteroatoms. The van der Waals surface area contributed by atoms with Crippen molar-refractivity contribution in [3.8, 4) is 5.69 Å². The molecule has 0 radical (unpaired) electrons. The van der Waals surface area contributed by atoms with Crippen LogP contribution in [0.2, 0.25) is 0 Å². The van der Waals surface area contributed by atoms with Crippen LogP contribution in [-0.4, -0.2) is 66.5 Å². The highest BCUT2D eigenvalue weighted by atomic mass is 32.2. The van der Waals surface area contributed by atoms with Crippen LogP contribution in [0.15, 0.2) is 65.6 Å². The lowest BCUT2D eigenvalue weighted by Crippen LogP contribution is -2.49. The summed E-state index contributed by atoms with van der Waals surface area (Å²) in [6.07, 6.45) is 0.